The fourth-order valence-corrected chi connectivity index (χ4v) is 11.6. The number of benzene rings is 4. The van der Waals surface area contributed by atoms with E-state index in [1.807, 2.05) is 48.6 Å². The molecule has 0 saturated heterocycles. The smallest absolute Gasteiger partial charge is 0.330 e. The van der Waals surface area contributed by atoms with Gasteiger partial charge in [-0.1, -0.05) is 67.5 Å². The SMILES string of the molecule is C=CC(=O)OCC(C)(COC(=O)C=C)NC(=O)COc1ccc(CN(c2c(C)cc(C)cc2C)C2CCC(C3=C([O-])C(=C4C=CC(=[N+](Cc5ccc(OCC(=O)NC(C)(COC(=O)C=C)COC(=O)C=C)cc5)c5c(C)cc(C)cc5C)C=C4)C3=O)CC2)cc1. The Hall–Kier alpha value is -9.84. The molecule has 0 aromatic heterocycles. The number of anilines is 1. The van der Waals surface area contributed by atoms with Crippen molar-refractivity contribution in [2.45, 2.75) is 111 Å². The Bertz CT molecular complexity index is 3520. The van der Waals surface area contributed by atoms with E-state index in [9.17, 15) is 38.7 Å². The number of Topliss-reactive ketones (excluding diaryl/α,β-unsaturated/α-hetero) is 1. The number of hydrogen-bond donors (Lipinski definition) is 2. The summed E-state index contributed by atoms with van der Waals surface area (Å²) in [6.45, 7) is 28.3. The highest BCUT2D eigenvalue weighted by atomic mass is 16.6. The average Bonchev–Trinajstić information content (AvgIpc) is 0.766. The van der Waals surface area contributed by atoms with Crippen LogP contribution >= 0.6 is 0 Å². The largest absolute Gasteiger partial charge is 0.872 e. The van der Waals surface area contributed by atoms with Gasteiger partial charge in [0.2, 0.25) is 11.4 Å². The van der Waals surface area contributed by atoms with E-state index in [0.29, 0.717) is 48.6 Å². The molecule has 472 valence electrons. The van der Waals surface area contributed by atoms with E-state index in [-0.39, 0.29) is 68.7 Å². The summed E-state index contributed by atoms with van der Waals surface area (Å²) >= 11 is 0. The summed E-state index contributed by atoms with van der Waals surface area (Å²) in [5, 5.41) is 19.7. The zero-order chi connectivity index (χ0) is 65.5. The van der Waals surface area contributed by atoms with E-state index in [0.717, 1.165) is 98.7 Å². The molecule has 7 rings (SSSR count). The number of amides is 2. The topological polar surface area (TPSA) is 228 Å². The second-order valence-corrected chi connectivity index (χ2v) is 23.5. The van der Waals surface area contributed by atoms with Gasteiger partial charge in [0, 0.05) is 77.0 Å². The molecular weight excluding hydrogens is 1140 g/mol. The maximum absolute atomic E-state index is 14.2. The first-order chi connectivity index (χ1) is 42.8. The zero-order valence-electron chi connectivity index (χ0n) is 52.6. The van der Waals surface area contributed by atoms with Gasteiger partial charge in [-0.15, -0.1) is 0 Å². The molecule has 4 aromatic carbocycles. The molecule has 0 aliphatic heterocycles. The summed E-state index contributed by atoms with van der Waals surface area (Å²) in [6, 6.07) is 23.6. The molecule has 1 fully saturated rings. The van der Waals surface area contributed by atoms with Crippen LogP contribution in [-0.2, 0) is 65.6 Å². The maximum atomic E-state index is 14.2. The number of carbonyl (C=O) groups is 7. The van der Waals surface area contributed by atoms with Crippen LogP contribution in [0.2, 0.25) is 0 Å². The van der Waals surface area contributed by atoms with Crippen LogP contribution in [0.25, 0.3) is 0 Å². The summed E-state index contributed by atoms with van der Waals surface area (Å²) in [5.74, 6) is -3.59. The van der Waals surface area contributed by atoms with Crippen molar-refractivity contribution < 1.29 is 71.7 Å². The Morgan fingerprint density at radius 3 is 1.39 bits per heavy atom. The minimum Gasteiger partial charge on any atom is -0.872 e. The minimum atomic E-state index is -1.27. The first-order valence-electron chi connectivity index (χ1n) is 29.7. The molecule has 0 bridgehead atoms. The van der Waals surface area contributed by atoms with Crippen molar-refractivity contribution in [3.05, 3.63) is 215 Å². The van der Waals surface area contributed by atoms with Gasteiger partial charge in [0.25, 0.3) is 11.8 Å². The summed E-state index contributed by atoms with van der Waals surface area (Å²) in [7, 11) is 0. The van der Waals surface area contributed by atoms with Gasteiger partial charge in [-0.05, 0) is 176 Å². The molecule has 2 N–H and O–H groups in total. The number of esters is 4. The van der Waals surface area contributed by atoms with Gasteiger partial charge >= 0.3 is 23.9 Å². The number of aryl methyl sites for hydroxylation is 6. The van der Waals surface area contributed by atoms with E-state index in [2.05, 4.69) is 112 Å². The van der Waals surface area contributed by atoms with Gasteiger partial charge in [0.15, 0.2) is 25.5 Å². The highest BCUT2D eigenvalue weighted by Gasteiger charge is 2.39. The van der Waals surface area contributed by atoms with E-state index in [1.165, 1.54) is 0 Å². The van der Waals surface area contributed by atoms with Crippen LogP contribution < -0.4 is 30.1 Å². The van der Waals surface area contributed by atoms with Crippen LogP contribution in [-0.4, -0.2) is 109 Å². The number of rotatable bonds is 28. The molecule has 0 heterocycles. The van der Waals surface area contributed by atoms with Crippen LogP contribution in [0.5, 0.6) is 11.5 Å². The van der Waals surface area contributed by atoms with Crippen LogP contribution in [0.4, 0.5) is 11.4 Å². The molecule has 0 atom stereocenters. The predicted molar refractivity (Wildman–Crippen MR) is 341 cm³/mol. The number of allylic oxidation sites excluding steroid dienone is 7. The highest BCUT2D eigenvalue weighted by Crippen LogP contribution is 2.44. The maximum Gasteiger partial charge on any atom is 0.330 e. The Morgan fingerprint density at radius 1 is 0.589 bits per heavy atom. The van der Waals surface area contributed by atoms with E-state index in [4.69, 9.17) is 28.4 Å². The summed E-state index contributed by atoms with van der Waals surface area (Å²) in [5.41, 5.74) is 10.2. The van der Waals surface area contributed by atoms with Gasteiger partial charge in [0.1, 0.15) is 49.0 Å². The summed E-state index contributed by atoms with van der Waals surface area (Å²) in [6.07, 6.45) is 14.4. The third-order valence-corrected chi connectivity index (χ3v) is 15.7. The van der Waals surface area contributed by atoms with E-state index < -0.39 is 46.8 Å². The molecule has 18 nitrogen and oxygen atoms in total. The standard InChI is InChI=1S/C72H80N4O14/c1-13-61(79)87-41-71(11,42-88-62(80)14-2)73-59(77)39-85-57-29-17-51(18-30-57)37-75(67-47(7)33-45(5)34-48(67)8)55-25-21-53(22-26-55)65-69(83)66(70(65)84)54-23-27-56(28-24-54)76(68-49(9)35-46(6)36-50(68)10)38-52-19-31-58(32-20-52)86-40-60(78)74-72(12,43-89-63(81)15-3)44-90-64(82)16-4/h13-22,25-26,29-36,54,56H,1-4,23-24,27-28,37-44H2,5-12H3,(H2-,73,74,77,78,83,84). The third-order valence-electron chi connectivity index (χ3n) is 15.7. The Balaban J connectivity index is 1.02. The molecule has 3 aliphatic carbocycles. The zero-order valence-corrected chi connectivity index (χ0v) is 52.6. The third kappa shape index (κ3) is 17.7. The van der Waals surface area contributed by atoms with Crippen molar-refractivity contribution in [3.63, 3.8) is 0 Å². The first kappa shape index (κ1) is 67.7. The van der Waals surface area contributed by atoms with Gasteiger partial charge < -0.3 is 49.1 Å². The van der Waals surface area contributed by atoms with Gasteiger partial charge in [-0.25, -0.2) is 19.2 Å². The van der Waals surface area contributed by atoms with Crippen LogP contribution in [0, 0.1) is 47.5 Å². The Morgan fingerprint density at radius 2 is 0.989 bits per heavy atom. The molecule has 18 heteroatoms. The molecule has 0 unspecified atom stereocenters. The summed E-state index contributed by atoms with van der Waals surface area (Å²) < 4.78 is 34.5. The molecule has 1 saturated carbocycles. The molecule has 2 amide bonds. The number of carbonyl (C=O) groups excluding carboxylic acids is 7. The number of nitrogens with zero attached hydrogens (tertiary/aromatic N) is 2. The molecule has 0 spiro atoms. The fourth-order valence-electron chi connectivity index (χ4n) is 11.6. The molecule has 90 heavy (non-hydrogen) atoms. The van der Waals surface area contributed by atoms with Crippen molar-refractivity contribution in [2.24, 2.45) is 5.92 Å². The Labute approximate surface area is 526 Å². The van der Waals surface area contributed by atoms with Crippen molar-refractivity contribution >= 4 is 58.6 Å². The Kier molecular flexibility index (Phi) is 22.8. The van der Waals surface area contributed by atoms with Crippen LogP contribution in [0.3, 0.4) is 0 Å². The lowest BCUT2D eigenvalue weighted by atomic mass is 9.71. The minimum absolute atomic E-state index is 0.109. The van der Waals surface area contributed by atoms with Crippen molar-refractivity contribution in [1.29, 1.82) is 0 Å². The van der Waals surface area contributed by atoms with Crippen molar-refractivity contribution in [2.75, 3.05) is 44.5 Å². The average molecular weight is 1230 g/mol. The van der Waals surface area contributed by atoms with Gasteiger partial charge in [-0.3, -0.25) is 14.4 Å². The molecule has 0 radical (unpaired) electrons. The summed E-state index contributed by atoms with van der Waals surface area (Å²) in [4.78, 5) is 90.1. The monoisotopic (exact) mass is 1220 g/mol. The predicted octanol–water partition coefficient (Wildman–Crippen LogP) is 9.13. The number of ketones is 1. The number of ether oxygens (including phenoxy) is 6. The van der Waals surface area contributed by atoms with Crippen molar-refractivity contribution in [1.82, 2.24) is 10.6 Å². The van der Waals surface area contributed by atoms with Gasteiger partial charge in [0.05, 0.1) is 0 Å². The fraction of sp³-hybridized carbons (Fsp3) is 0.333. The normalized spacial score (nSPS) is 15.4. The second-order valence-electron chi connectivity index (χ2n) is 23.5. The lowest BCUT2D eigenvalue weighted by molar-refractivity contribution is -0.457. The number of nitrogens with one attached hydrogen (secondary N) is 2. The lowest BCUT2D eigenvalue weighted by Gasteiger charge is -2.43. The molecular formula is C72H80N4O14. The van der Waals surface area contributed by atoms with E-state index >= 15 is 0 Å². The van der Waals surface area contributed by atoms with Crippen LogP contribution in [0.15, 0.2) is 170 Å². The van der Waals surface area contributed by atoms with E-state index in [1.54, 1.807) is 38.1 Å². The second kappa shape index (κ2) is 30.4. The first-order valence-corrected chi connectivity index (χ1v) is 29.7. The molecule has 3 aliphatic rings. The van der Waals surface area contributed by atoms with Crippen molar-refractivity contribution in [3.8, 4) is 11.5 Å². The quantitative estimate of drug-likeness (QED) is 0.0234. The van der Waals surface area contributed by atoms with Crippen LogP contribution in [0.1, 0.15) is 84.0 Å². The number of hydrogen-bond acceptors (Lipinski definition) is 15. The molecule has 4 aromatic rings. The van der Waals surface area contributed by atoms with Gasteiger partial charge in [-0.2, -0.15) is 4.58 Å². The highest BCUT2D eigenvalue weighted by molar-refractivity contribution is 6.20. The lowest BCUT2D eigenvalue weighted by Crippen LogP contribution is -2.54.